The van der Waals surface area contributed by atoms with E-state index in [9.17, 15) is 4.79 Å². The van der Waals surface area contributed by atoms with E-state index in [4.69, 9.17) is 28.3 Å². The fourth-order valence-corrected chi connectivity index (χ4v) is 3.31. The van der Waals surface area contributed by atoms with Crippen LogP contribution in [0.15, 0.2) is 39.8 Å². The molecule has 20 heavy (non-hydrogen) atoms. The van der Waals surface area contributed by atoms with Gasteiger partial charge in [0.05, 0.1) is 5.56 Å². The molecule has 2 rings (SSSR count). The molecule has 0 unspecified atom stereocenters. The van der Waals surface area contributed by atoms with Crippen LogP contribution in [0.25, 0.3) is 0 Å². The van der Waals surface area contributed by atoms with Crippen molar-refractivity contribution in [3.63, 3.8) is 0 Å². The Hall–Kier alpha value is -0.750. The summed E-state index contributed by atoms with van der Waals surface area (Å²) in [4.78, 5) is 15.9. The largest absolute Gasteiger partial charge is 0.478 e. The Kier molecular flexibility index (Phi) is 5.32. The van der Waals surface area contributed by atoms with Crippen molar-refractivity contribution in [3.8, 4) is 0 Å². The van der Waals surface area contributed by atoms with Crippen LogP contribution in [0.4, 0.5) is 0 Å². The van der Waals surface area contributed by atoms with E-state index in [-0.39, 0.29) is 5.56 Å². The molecule has 104 valence electrons. The first kappa shape index (κ1) is 15.6. The number of benzene rings is 1. The summed E-state index contributed by atoms with van der Waals surface area (Å²) in [5.74, 6) is -0.380. The van der Waals surface area contributed by atoms with Crippen LogP contribution in [0.1, 0.15) is 15.9 Å². The van der Waals surface area contributed by atoms with E-state index in [1.807, 2.05) is 6.07 Å². The average molecular weight is 393 g/mol. The van der Waals surface area contributed by atoms with Crippen LogP contribution in [-0.4, -0.2) is 16.1 Å². The van der Waals surface area contributed by atoms with Gasteiger partial charge >= 0.3 is 5.97 Å². The number of aromatic carboxylic acids is 1. The summed E-state index contributed by atoms with van der Waals surface area (Å²) in [6.45, 7) is 0. The first-order valence-electron chi connectivity index (χ1n) is 5.43. The lowest BCUT2D eigenvalue weighted by Gasteiger charge is -2.06. The fraction of sp³-hybridized carbons (Fsp3) is 0.0769. The molecule has 0 aliphatic heterocycles. The van der Waals surface area contributed by atoms with Crippen LogP contribution >= 0.6 is 50.9 Å². The van der Waals surface area contributed by atoms with Gasteiger partial charge in [-0.15, -0.1) is 11.8 Å². The number of nitrogens with zero attached hydrogens (tertiary/aromatic N) is 1. The van der Waals surface area contributed by atoms with E-state index < -0.39 is 5.97 Å². The molecule has 0 radical (unpaired) electrons. The molecule has 1 N–H and O–H groups in total. The molecule has 0 aliphatic rings. The first-order chi connectivity index (χ1) is 9.47. The van der Waals surface area contributed by atoms with Crippen molar-refractivity contribution >= 4 is 56.9 Å². The van der Waals surface area contributed by atoms with Crippen molar-refractivity contribution in [2.45, 2.75) is 10.6 Å². The Morgan fingerprint density at radius 3 is 2.75 bits per heavy atom. The van der Waals surface area contributed by atoms with Gasteiger partial charge in [0.2, 0.25) is 0 Å². The number of aromatic nitrogens is 1. The summed E-state index contributed by atoms with van der Waals surface area (Å²) >= 11 is 16.5. The molecule has 3 nitrogen and oxygen atoms in total. The molecule has 0 atom stereocenters. The number of carboxylic acids is 1. The second-order valence-electron chi connectivity index (χ2n) is 3.83. The number of hydrogen-bond acceptors (Lipinski definition) is 3. The second-order valence-corrected chi connectivity index (χ2v) is 6.53. The van der Waals surface area contributed by atoms with Gasteiger partial charge in [-0.05, 0) is 45.8 Å². The van der Waals surface area contributed by atoms with Gasteiger partial charge in [-0.1, -0.05) is 23.2 Å². The van der Waals surface area contributed by atoms with Gasteiger partial charge < -0.3 is 5.11 Å². The third kappa shape index (κ3) is 3.88. The van der Waals surface area contributed by atoms with Crippen LogP contribution in [-0.2, 0) is 5.75 Å². The first-order valence-corrected chi connectivity index (χ1v) is 7.96. The van der Waals surface area contributed by atoms with Crippen LogP contribution in [0.5, 0.6) is 0 Å². The summed E-state index contributed by atoms with van der Waals surface area (Å²) < 4.78 is 0.556. The van der Waals surface area contributed by atoms with Gasteiger partial charge in [0, 0.05) is 26.3 Å². The number of hydrogen-bond donors (Lipinski definition) is 1. The smallest absolute Gasteiger partial charge is 0.336 e. The van der Waals surface area contributed by atoms with E-state index in [0.717, 1.165) is 10.5 Å². The van der Waals surface area contributed by atoms with E-state index in [1.54, 1.807) is 24.4 Å². The van der Waals surface area contributed by atoms with Crippen LogP contribution < -0.4 is 0 Å². The molecule has 0 saturated heterocycles. The fourth-order valence-electron chi connectivity index (χ4n) is 1.46. The zero-order valence-electron chi connectivity index (χ0n) is 9.94. The molecule has 1 heterocycles. The predicted molar refractivity (Wildman–Crippen MR) is 84.9 cm³/mol. The van der Waals surface area contributed by atoms with Crippen molar-refractivity contribution in [1.29, 1.82) is 0 Å². The summed E-state index contributed by atoms with van der Waals surface area (Å²) in [6, 6.07) is 6.77. The monoisotopic (exact) mass is 391 g/mol. The number of thioether (sulfide) groups is 1. The molecule has 0 amide bonds. The minimum absolute atomic E-state index is 0.232. The molecule has 0 aliphatic carbocycles. The van der Waals surface area contributed by atoms with E-state index in [1.165, 1.54) is 11.8 Å². The van der Waals surface area contributed by atoms with Gasteiger partial charge in [-0.25, -0.2) is 9.78 Å². The quantitative estimate of drug-likeness (QED) is 0.577. The number of carboxylic acid groups (broad SMARTS) is 1. The Balaban J connectivity index is 2.15. The number of carbonyl (C=O) groups is 1. The minimum Gasteiger partial charge on any atom is -0.478 e. The van der Waals surface area contributed by atoms with Gasteiger partial charge in [0.25, 0.3) is 0 Å². The molecule has 7 heteroatoms. The maximum atomic E-state index is 11.1. The summed E-state index contributed by atoms with van der Waals surface area (Å²) in [5.41, 5.74) is 1.08. The van der Waals surface area contributed by atoms with Crippen molar-refractivity contribution in [2.75, 3.05) is 0 Å². The number of halogens is 3. The maximum absolute atomic E-state index is 11.1. The lowest BCUT2D eigenvalue weighted by molar-refractivity contribution is 0.0695. The van der Waals surface area contributed by atoms with E-state index in [0.29, 0.717) is 20.4 Å². The summed E-state index contributed by atoms with van der Waals surface area (Å²) in [5, 5.41) is 9.96. The van der Waals surface area contributed by atoms with Crippen molar-refractivity contribution in [2.24, 2.45) is 0 Å². The molecule has 1 aromatic heterocycles. The maximum Gasteiger partial charge on any atom is 0.336 e. The highest BCUT2D eigenvalue weighted by atomic mass is 79.9. The predicted octanol–water partition coefficient (Wildman–Crippen LogP) is 5.14. The zero-order chi connectivity index (χ0) is 14.7. The minimum atomic E-state index is -0.967. The Bertz CT molecular complexity index is 667. The van der Waals surface area contributed by atoms with Gasteiger partial charge in [0.15, 0.2) is 0 Å². The number of pyridine rings is 1. The lowest BCUT2D eigenvalue weighted by atomic mass is 10.2. The Morgan fingerprint density at radius 2 is 2.10 bits per heavy atom. The van der Waals surface area contributed by atoms with Gasteiger partial charge in [0.1, 0.15) is 5.15 Å². The van der Waals surface area contributed by atoms with Crippen LogP contribution in [0.2, 0.25) is 10.2 Å². The van der Waals surface area contributed by atoms with Crippen LogP contribution in [0.3, 0.4) is 0 Å². The SMILES string of the molecule is O=C(O)c1cc(SCc2cnc(Cl)cc2Cl)ccc1Br. The molecule has 0 spiro atoms. The zero-order valence-corrected chi connectivity index (χ0v) is 13.9. The molecule has 1 aromatic carbocycles. The number of rotatable bonds is 4. The molecule has 0 fully saturated rings. The summed E-state index contributed by atoms with van der Waals surface area (Å²) in [7, 11) is 0. The molecule has 0 bridgehead atoms. The van der Waals surface area contributed by atoms with E-state index >= 15 is 0 Å². The van der Waals surface area contributed by atoms with Crippen molar-refractivity contribution in [1.82, 2.24) is 4.98 Å². The van der Waals surface area contributed by atoms with E-state index in [2.05, 4.69) is 20.9 Å². The Labute approximate surface area is 138 Å². The summed E-state index contributed by atoms with van der Waals surface area (Å²) in [6.07, 6.45) is 1.62. The van der Waals surface area contributed by atoms with Crippen molar-refractivity contribution < 1.29 is 9.90 Å². The molecule has 2 aromatic rings. The highest BCUT2D eigenvalue weighted by molar-refractivity contribution is 9.10. The van der Waals surface area contributed by atoms with Gasteiger partial charge in [-0.2, -0.15) is 0 Å². The highest BCUT2D eigenvalue weighted by Crippen LogP contribution is 2.30. The molecular formula is C13H8BrCl2NO2S. The highest BCUT2D eigenvalue weighted by Gasteiger charge is 2.10. The Morgan fingerprint density at radius 1 is 1.35 bits per heavy atom. The second kappa shape index (κ2) is 6.80. The van der Waals surface area contributed by atoms with Gasteiger partial charge in [-0.3, -0.25) is 0 Å². The normalized spacial score (nSPS) is 10.6. The lowest BCUT2D eigenvalue weighted by Crippen LogP contribution is -1.97. The van der Waals surface area contributed by atoms with Crippen LogP contribution in [0, 0.1) is 0 Å². The average Bonchev–Trinajstić information content (AvgIpc) is 2.39. The topological polar surface area (TPSA) is 50.2 Å². The standard InChI is InChI=1S/C13H8BrCl2NO2S/c14-10-2-1-8(3-9(10)13(18)19)20-6-7-5-17-12(16)4-11(7)15/h1-5H,6H2,(H,18,19). The third-order valence-electron chi connectivity index (χ3n) is 2.46. The third-order valence-corrected chi connectivity index (χ3v) is 4.75. The molecule has 0 saturated carbocycles. The van der Waals surface area contributed by atoms with Crippen molar-refractivity contribution in [3.05, 3.63) is 56.2 Å². The molecular weight excluding hydrogens is 385 g/mol.